The number of likely N-dealkylation sites (tertiary alicyclic amines) is 1. The lowest BCUT2D eigenvalue weighted by atomic mass is 10.0. The summed E-state index contributed by atoms with van der Waals surface area (Å²) >= 11 is 0. The lowest BCUT2D eigenvalue weighted by Crippen LogP contribution is -2.31. The fourth-order valence-corrected chi connectivity index (χ4v) is 3.30. The molecule has 0 N–H and O–H groups in total. The molecular formula is C16H15N3O4. The van der Waals surface area contributed by atoms with Gasteiger partial charge in [0.25, 0.3) is 11.5 Å². The first-order valence-corrected chi connectivity index (χ1v) is 7.46. The van der Waals surface area contributed by atoms with Gasteiger partial charge in [0.15, 0.2) is 0 Å². The largest absolute Gasteiger partial charge is 0.465 e. The predicted molar refractivity (Wildman–Crippen MR) is 80.8 cm³/mol. The quantitative estimate of drug-likeness (QED) is 0.702. The van der Waals surface area contributed by atoms with Crippen molar-refractivity contribution in [1.29, 1.82) is 0 Å². The molecule has 0 bridgehead atoms. The van der Waals surface area contributed by atoms with Gasteiger partial charge in [0.1, 0.15) is 0 Å². The summed E-state index contributed by atoms with van der Waals surface area (Å²) in [6.45, 7) is 1.31. The number of benzene rings is 1. The van der Waals surface area contributed by atoms with Crippen LogP contribution in [-0.2, 0) is 16.6 Å². The Morgan fingerprint density at radius 3 is 2.91 bits per heavy atom. The van der Waals surface area contributed by atoms with Crippen LogP contribution in [-0.4, -0.2) is 46.0 Å². The number of hydrogen-bond donors (Lipinski definition) is 0. The Labute approximate surface area is 131 Å². The number of hydrogen-bond acceptors (Lipinski definition) is 5. The van der Waals surface area contributed by atoms with Gasteiger partial charge in [-0.05, 0) is 18.2 Å². The molecule has 2 fully saturated rings. The van der Waals surface area contributed by atoms with Crippen molar-refractivity contribution in [3.05, 3.63) is 40.4 Å². The summed E-state index contributed by atoms with van der Waals surface area (Å²) in [7, 11) is 1.63. The van der Waals surface area contributed by atoms with E-state index in [0.29, 0.717) is 36.2 Å². The summed E-state index contributed by atoms with van der Waals surface area (Å²) in [6.07, 6.45) is 1.44. The Kier molecular flexibility index (Phi) is 2.97. The maximum Gasteiger partial charge on any atom is 0.311 e. The van der Waals surface area contributed by atoms with Gasteiger partial charge in [-0.15, -0.1) is 0 Å². The number of ether oxygens (including phenoxy) is 1. The molecule has 23 heavy (non-hydrogen) atoms. The van der Waals surface area contributed by atoms with Gasteiger partial charge in [-0.25, -0.2) is 4.98 Å². The van der Waals surface area contributed by atoms with Crippen LogP contribution in [0.25, 0.3) is 10.9 Å². The number of carbonyl (C=O) groups is 2. The zero-order chi connectivity index (χ0) is 16.1. The predicted octanol–water partition coefficient (Wildman–Crippen LogP) is 0.178. The van der Waals surface area contributed by atoms with Crippen LogP contribution >= 0.6 is 0 Å². The van der Waals surface area contributed by atoms with Crippen molar-refractivity contribution in [1.82, 2.24) is 14.5 Å². The third-order valence-corrected chi connectivity index (χ3v) is 4.64. The standard InChI is InChI=1S/C16H15N3O4/c1-18-8-17-13-4-9(2-3-11(13)15(18)21)14(20)19-5-10-7-23-16(22)12(10)6-19/h2-4,8,10,12H,5-7H2,1H3/t10-,12-/m1/s1. The number of carbonyl (C=O) groups excluding carboxylic acids is 2. The van der Waals surface area contributed by atoms with Gasteiger partial charge in [-0.2, -0.15) is 0 Å². The number of rotatable bonds is 1. The first-order valence-electron chi connectivity index (χ1n) is 7.46. The Hall–Kier alpha value is -2.70. The highest BCUT2D eigenvalue weighted by atomic mass is 16.5. The molecule has 7 nitrogen and oxygen atoms in total. The second kappa shape index (κ2) is 4.91. The molecule has 0 spiro atoms. The summed E-state index contributed by atoms with van der Waals surface area (Å²) in [6, 6.07) is 4.90. The summed E-state index contributed by atoms with van der Waals surface area (Å²) < 4.78 is 6.41. The molecule has 0 radical (unpaired) electrons. The second-order valence-corrected chi connectivity index (χ2v) is 6.10. The number of fused-ring (bicyclic) bond motifs is 2. The number of esters is 1. The van der Waals surface area contributed by atoms with E-state index in [-0.39, 0.29) is 29.3 Å². The van der Waals surface area contributed by atoms with Crippen LogP contribution < -0.4 is 5.56 Å². The van der Waals surface area contributed by atoms with Crippen LogP contribution in [0.4, 0.5) is 0 Å². The molecule has 1 aromatic heterocycles. The summed E-state index contributed by atoms with van der Waals surface area (Å²) in [4.78, 5) is 42.1. The molecule has 118 valence electrons. The molecule has 2 atom stereocenters. The van der Waals surface area contributed by atoms with E-state index < -0.39 is 0 Å². The SMILES string of the molecule is Cn1cnc2cc(C(=O)N3C[C@@H]4COC(=O)[C@@H]4C3)ccc2c1=O. The fourth-order valence-electron chi connectivity index (χ4n) is 3.30. The van der Waals surface area contributed by atoms with E-state index in [1.54, 1.807) is 30.1 Å². The Morgan fingerprint density at radius 2 is 2.13 bits per heavy atom. The number of aryl methyl sites for hydroxylation is 1. The fraction of sp³-hybridized carbons (Fsp3) is 0.375. The first-order chi connectivity index (χ1) is 11.0. The highest BCUT2D eigenvalue weighted by Gasteiger charge is 2.45. The number of nitrogens with zero attached hydrogens (tertiary/aromatic N) is 3. The van der Waals surface area contributed by atoms with Crippen molar-refractivity contribution in [2.45, 2.75) is 0 Å². The lowest BCUT2D eigenvalue weighted by Gasteiger charge is -2.17. The zero-order valence-corrected chi connectivity index (χ0v) is 12.6. The minimum atomic E-state index is -0.214. The van der Waals surface area contributed by atoms with E-state index in [0.717, 1.165) is 0 Å². The third kappa shape index (κ3) is 2.11. The van der Waals surface area contributed by atoms with E-state index in [9.17, 15) is 14.4 Å². The third-order valence-electron chi connectivity index (χ3n) is 4.64. The maximum absolute atomic E-state index is 12.6. The lowest BCUT2D eigenvalue weighted by molar-refractivity contribution is -0.141. The maximum atomic E-state index is 12.6. The normalized spacial score (nSPS) is 23.2. The zero-order valence-electron chi connectivity index (χ0n) is 12.6. The molecule has 2 aliphatic heterocycles. The molecule has 2 aromatic rings. The number of aromatic nitrogens is 2. The van der Waals surface area contributed by atoms with Gasteiger partial charge in [0.05, 0.1) is 29.8 Å². The molecule has 3 heterocycles. The molecule has 0 aliphatic carbocycles. The molecule has 0 unspecified atom stereocenters. The van der Waals surface area contributed by atoms with E-state index >= 15 is 0 Å². The minimum Gasteiger partial charge on any atom is -0.465 e. The van der Waals surface area contributed by atoms with E-state index in [4.69, 9.17) is 4.74 Å². The molecule has 0 saturated carbocycles. The highest BCUT2D eigenvalue weighted by molar-refractivity contribution is 5.98. The second-order valence-electron chi connectivity index (χ2n) is 6.10. The molecule has 2 aliphatic rings. The smallest absolute Gasteiger partial charge is 0.311 e. The van der Waals surface area contributed by atoms with Crippen molar-refractivity contribution in [2.75, 3.05) is 19.7 Å². The van der Waals surface area contributed by atoms with Crippen LogP contribution in [0.5, 0.6) is 0 Å². The van der Waals surface area contributed by atoms with Crippen LogP contribution in [0.1, 0.15) is 10.4 Å². The van der Waals surface area contributed by atoms with Gasteiger partial charge < -0.3 is 14.2 Å². The molecule has 1 amide bonds. The summed E-state index contributed by atoms with van der Waals surface area (Å²) in [5.74, 6) is -0.465. The van der Waals surface area contributed by atoms with Crippen LogP contribution in [0.2, 0.25) is 0 Å². The molecule has 2 saturated heterocycles. The van der Waals surface area contributed by atoms with Gasteiger partial charge in [-0.3, -0.25) is 14.4 Å². The Bertz CT molecular complexity index is 889. The van der Waals surface area contributed by atoms with Crippen molar-refractivity contribution in [2.24, 2.45) is 18.9 Å². The van der Waals surface area contributed by atoms with Gasteiger partial charge in [0.2, 0.25) is 0 Å². The van der Waals surface area contributed by atoms with Crippen molar-refractivity contribution < 1.29 is 14.3 Å². The van der Waals surface area contributed by atoms with E-state index in [1.807, 2.05) is 0 Å². The Balaban J connectivity index is 1.64. The van der Waals surface area contributed by atoms with E-state index in [1.165, 1.54) is 10.9 Å². The van der Waals surface area contributed by atoms with Crippen molar-refractivity contribution in [3.63, 3.8) is 0 Å². The van der Waals surface area contributed by atoms with Gasteiger partial charge in [-0.1, -0.05) is 0 Å². The first kappa shape index (κ1) is 13.9. The van der Waals surface area contributed by atoms with Gasteiger partial charge in [0, 0.05) is 31.6 Å². The summed E-state index contributed by atoms with van der Waals surface area (Å²) in [5.41, 5.74) is 0.830. The number of cyclic esters (lactones) is 1. The monoisotopic (exact) mass is 313 g/mol. The van der Waals surface area contributed by atoms with Crippen LogP contribution in [0.15, 0.2) is 29.3 Å². The van der Waals surface area contributed by atoms with Crippen LogP contribution in [0.3, 0.4) is 0 Å². The molecule has 7 heteroatoms. The number of amides is 1. The average Bonchev–Trinajstić information content (AvgIpc) is 3.12. The molecule has 1 aromatic carbocycles. The minimum absolute atomic E-state index is 0.0947. The van der Waals surface area contributed by atoms with E-state index in [2.05, 4.69) is 4.98 Å². The molecule has 4 rings (SSSR count). The topological polar surface area (TPSA) is 81.5 Å². The Morgan fingerprint density at radius 1 is 1.30 bits per heavy atom. The van der Waals surface area contributed by atoms with Crippen molar-refractivity contribution >= 4 is 22.8 Å². The average molecular weight is 313 g/mol. The molecular weight excluding hydrogens is 298 g/mol. The van der Waals surface area contributed by atoms with Gasteiger partial charge >= 0.3 is 5.97 Å². The summed E-state index contributed by atoms with van der Waals surface area (Å²) in [5, 5.41) is 0.480. The van der Waals surface area contributed by atoms with Crippen molar-refractivity contribution in [3.8, 4) is 0 Å². The van der Waals surface area contributed by atoms with Crippen LogP contribution in [0, 0.1) is 11.8 Å². The highest BCUT2D eigenvalue weighted by Crippen LogP contribution is 2.31.